The summed E-state index contributed by atoms with van der Waals surface area (Å²) in [5, 5.41) is 3.60. The second-order valence-corrected chi connectivity index (χ2v) is 6.75. The van der Waals surface area contributed by atoms with Crippen LogP contribution in [0.2, 0.25) is 0 Å². The lowest BCUT2D eigenvalue weighted by Gasteiger charge is -2.21. The lowest BCUT2D eigenvalue weighted by Crippen LogP contribution is -2.21. The van der Waals surface area contributed by atoms with E-state index in [2.05, 4.69) is 48.6 Å². The lowest BCUT2D eigenvalue weighted by atomic mass is 9.88. The normalized spacial score (nSPS) is 13.1. The van der Waals surface area contributed by atoms with Crippen molar-refractivity contribution < 1.29 is 9.13 Å². The van der Waals surface area contributed by atoms with E-state index in [0.717, 1.165) is 24.3 Å². The Hall–Kier alpha value is -2.65. The highest BCUT2D eigenvalue weighted by molar-refractivity contribution is 5.36. The highest BCUT2D eigenvalue weighted by Crippen LogP contribution is 2.29. The summed E-state index contributed by atoms with van der Waals surface area (Å²) in [6.07, 6.45) is 0.926. The topological polar surface area (TPSA) is 21.3 Å². The lowest BCUT2D eigenvalue weighted by molar-refractivity contribution is 0.414. The molecule has 0 saturated heterocycles. The molecule has 0 aromatic heterocycles. The van der Waals surface area contributed by atoms with Crippen molar-refractivity contribution in [2.75, 3.05) is 13.7 Å². The van der Waals surface area contributed by atoms with Crippen molar-refractivity contribution in [3.63, 3.8) is 0 Å². The number of nitrogens with one attached hydrogen (secondary N) is 1. The Bertz CT molecular complexity index is 815. The zero-order valence-electron chi connectivity index (χ0n) is 15.9. The Kier molecular flexibility index (Phi) is 6.61. The largest absolute Gasteiger partial charge is 0.497 e. The fourth-order valence-electron chi connectivity index (χ4n) is 3.36. The van der Waals surface area contributed by atoms with Gasteiger partial charge in [-0.1, -0.05) is 54.6 Å². The quantitative estimate of drug-likeness (QED) is 0.554. The molecule has 0 saturated carbocycles. The first-order chi connectivity index (χ1) is 13.2. The van der Waals surface area contributed by atoms with Gasteiger partial charge in [-0.15, -0.1) is 0 Å². The van der Waals surface area contributed by atoms with Gasteiger partial charge in [0.2, 0.25) is 0 Å². The molecule has 0 amide bonds. The minimum atomic E-state index is -0.206. The van der Waals surface area contributed by atoms with E-state index >= 15 is 0 Å². The fraction of sp³-hybridized carbons (Fsp3) is 0.250. The molecule has 0 radical (unpaired) electrons. The van der Waals surface area contributed by atoms with Crippen LogP contribution >= 0.6 is 0 Å². The number of ether oxygens (including phenoxy) is 1. The van der Waals surface area contributed by atoms with Gasteiger partial charge in [-0.05, 0) is 60.8 Å². The zero-order chi connectivity index (χ0) is 19.1. The molecule has 1 N–H and O–H groups in total. The van der Waals surface area contributed by atoms with Crippen LogP contribution in [0.4, 0.5) is 4.39 Å². The van der Waals surface area contributed by atoms with Crippen LogP contribution in [0.3, 0.4) is 0 Å². The zero-order valence-corrected chi connectivity index (χ0v) is 15.9. The Morgan fingerprint density at radius 2 is 1.41 bits per heavy atom. The molecule has 140 valence electrons. The van der Waals surface area contributed by atoms with Crippen LogP contribution in [0, 0.1) is 5.82 Å². The van der Waals surface area contributed by atoms with E-state index in [9.17, 15) is 4.39 Å². The molecular formula is C24H26FNO. The molecule has 0 fully saturated rings. The summed E-state index contributed by atoms with van der Waals surface area (Å²) in [5.74, 6) is 0.836. The van der Waals surface area contributed by atoms with E-state index in [4.69, 9.17) is 4.74 Å². The predicted octanol–water partition coefficient (Wildman–Crippen LogP) is 5.71. The molecular weight excluding hydrogens is 337 g/mol. The Morgan fingerprint density at radius 3 is 2.00 bits per heavy atom. The minimum Gasteiger partial charge on any atom is -0.497 e. The van der Waals surface area contributed by atoms with E-state index in [0.29, 0.717) is 0 Å². The maximum absolute atomic E-state index is 13.4. The number of benzene rings is 3. The van der Waals surface area contributed by atoms with Crippen molar-refractivity contribution in [2.45, 2.75) is 25.3 Å². The number of rotatable bonds is 8. The third-order valence-electron chi connectivity index (χ3n) is 4.97. The van der Waals surface area contributed by atoms with Gasteiger partial charge in [-0.2, -0.15) is 0 Å². The van der Waals surface area contributed by atoms with Crippen molar-refractivity contribution in [1.82, 2.24) is 5.32 Å². The van der Waals surface area contributed by atoms with Crippen LogP contribution in [-0.2, 0) is 0 Å². The summed E-state index contributed by atoms with van der Waals surface area (Å²) >= 11 is 0. The molecule has 0 heterocycles. The molecule has 2 atom stereocenters. The van der Waals surface area contributed by atoms with Gasteiger partial charge in [0.15, 0.2) is 0 Å². The van der Waals surface area contributed by atoms with Gasteiger partial charge in [0.1, 0.15) is 11.6 Å². The monoisotopic (exact) mass is 363 g/mol. The van der Waals surface area contributed by atoms with Crippen LogP contribution in [0.1, 0.15) is 42.0 Å². The molecule has 2 nitrogen and oxygen atoms in total. The smallest absolute Gasteiger partial charge is 0.123 e. The number of halogens is 1. The summed E-state index contributed by atoms with van der Waals surface area (Å²) in [4.78, 5) is 0. The Morgan fingerprint density at radius 1 is 0.815 bits per heavy atom. The van der Waals surface area contributed by atoms with Crippen molar-refractivity contribution in [3.8, 4) is 5.75 Å². The average molecular weight is 363 g/mol. The van der Waals surface area contributed by atoms with Gasteiger partial charge >= 0.3 is 0 Å². The first-order valence-corrected chi connectivity index (χ1v) is 9.35. The van der Waals surface area contributed by atoms with Crippen molar-refractivity contribution >= 4 is 0 Å². The fourth-order valence-corrected chi connectivity index (χ4v) is 3.36. The molecule has 0 aliphatic rings. The molecule has 3 rings (SSSR count). The predicted molar refractivity (Wildman–Crippen MR) is 109 cm³/mol. The van der Waals surface area contributed by atoms with Gasteiger partial charge in [-0.3, -0.25) is 0 Å². The molecule has 0 bridgehead atoms. The Labute approximate surface area is 161 Å². The summed E-state index contributed by atoms with van der Waals surface area (Å²) in [6.45, 7) is 3.04. The third kappa shape index (κ3) is 5.18. The molecule has 3 heteroatoms. The maximum atomic E-state index is 13.4. The van der Waals surface area contributed by atoms with Gasteiger partial charge < -0.3 is 10.1 Å². The van der Waals surface area contributed by atoms with Gasteiger partial charge in [0.25, 0.3) is 0 Å². The maximum Gasteiger partial charge on any atom is 0.123 e. The Balaban J connectivity index is 1.72. The van der Waals surface area contributed by atoms with E-state index in [-0.39, 0.29) is 17.8 Å². The van der Waals surface area contributed by atoms with Crippen LogP contribution in [0.15, 0.2) is 78.9 Å². The molecule has 0 spiro atoms. The summed E-state index contributed by atoms with van der Waals surface area (Å²) in [5.41, 5.74) is 3.60. The first-order valence-electron chi connectivity index (χ1n) is 9.35. The van der Waals surface area contributed by atoms with E-state index < -0.39 is 0 Å². The third-order valence-corrected chi connectivity index (χ3v) is 4.97. The second kappa shape index (κ2) is 9.33. The highest BCUT2D eigenvalue weighted by Gasteiger charge is 2.15. The van der Waals surface area contributed by atoms with Crippen molar-refractivity contribution in [1.29, 1.82) is 0 Å². The average Bonchev–Trinajstić information content (AvgIpc) is 2.73. The second-order valence-electron chi connectivity index (χ2n) is 6.75. The SMILES string of the molecule is COc1ccc([C@@H](CCN[C@H](C)c2ccccc2)c2ccc(F)cc2)cc1. The minimum absolute atomic E-state index is 0.201. The first kappa shape index (κ1) is 19.1. The van der Waals surface area contributed by atoms with E-state index in [1.54, 1.807) is 7.11 Å². The van der Waals surface area contributed by atoms with Gasteiger partial charge in [0.05, 0.1) is 7.11 Å². The highest BCUT2D eigenvalue weighted by atomic mass is 19.1. The van der Waals surface area contributed by atoms with Crippen LogP contribution in [-0.4, -0.2) is 13.7 Å². The molecule has 0 aliphatic carbocycles. The van der Waals surface area contributed by atoms with Gasteiger partial charge in [-0.25, -0.2) is 4.39 Å². The number of methoxy groups -OCH3 is 1. The molecule has 3 aromatic carbocycles. The summed E-state index contributed by atoms with van der Waals surface area (Å²) < 4.78 is 18.6. The molecule has 0 unspecified atom stereocenters. The van der Waals surface area contributed by atoms with E-state index in [1.807, 2.05) is 30.3 Å². The molecule has 3 aromatic rings. The summed E-state index contributed by atoms with van der Waals surface area (Å²) in [6, 6.07) is 25.7. The summed E-state index contributed by atoms with van der Waals surface area (Å²) in [7, 11) is 1.67. The van der Waals surface area contributed by atoms with Gasteiger partial charge in [0, 0.05) is 12.0 Å². The van der Waals surface area contributed by atoms with Crippen molar-refractivity contribution in [3.05, 3.63) is 101 Å². The number of hydrogen-bond donors (Lipinski definition) is 1. The van der Waals surface area contributed by atoms with Crippen LogP contribution in [0.25, 0.3) is 0 Å². The van der Waals surface area contributed by atoms with Crippen LogP contribution < -0.4 is 10.1 Å². The van der Waals surface area contributed by atoms with Crippen molar-refractivity contribution in [2.24, 2.45) is 0 Å². The van der Waals surface area contributed by atoms with Crippen LogP contribution in [0.5, 0.6) is 5.75 Å². The molecule has 27 heavy (non-hydrogen) atoms. The number of hydrogen-bond acceptors (Lipinski definition) is 2. The standard InChI is InChI=1S/C24H26FNO/c1-18(19-6-4-3-5-7-19)26-17-16-24(20-8-12-22(25)13-9-20)21-10-14-23(27-2)15-11-21/h3-15,18,24,26H,16-17H2,1-2H3/t18-,24+/m1/s1. The molecule has 0 aliphatic heterocycles. The van der Waals surface area contributed by atoms with E-state index in [1.165, 1.54) is 23.3 Å².